The zero-order valence-electron chi connectivity index (χ0n) is 11.4. The second-order valence-corrected chi connectivity index (χ2v) is 8.35. The molecule has 1 aromatic rings. The van der Waals surface area contributed by atoms with Gasteiger partial charge in [-0.05, 0) is 44.0 Å². The predicted molar refractivity (Wildman–Crippen MR) is 84.4 cm³/mol. The van der Waals surface area contributed by atoms with Gasteiger partial charge in [0.1, 0.15) is 0 Å². The minimum atomic E-state index is -3.03. The molecule has 0 radical (unpaired) electrons. The van der Waals surface area contributed by atoms with E-state index in [4.69, 9.17) is 23.2 Å². The molecule has 0 spiro atoms. The lowest BCUT2D eigenvalue weighted by Crippen LogP contribution is -2.46. The Morgan fingerprint density at radius 1 is 1.30 bits per heavy atom. The lowest BCUT2D eigenvalue weighted by atomic mass is 9.99. The van der Waals surface area contributed by atoms with Crippen molar-refractivity contribution >= 4 is 33.0 Å². The molecule has 2 unspecified atom stereocenters. The average Bonchev–Trinajstić information content (AvgIpc) is 2.39. The highest BCUT2D eigenvalue weighted by Crippen LogP contribution is 2.29. The monoisotopic (exact) mass is 335 g/mol. The third-order valence-electron chi connectivity index (χ3n) is 3.93. The van der Waals surface area contributed by atoms with Gasteiger partial charge in [0.05, 0.1) is 11.0 Å². The maximum absolute atomic E-state index is 12.2. The highest BCUT2D eigenvalue weighted by Gasteiger charge is 2.35. The molecule has 1 aliphatic rings. The van der Waals surface area contributed by atoms with Crippen molar-refractivity contribution in [3.63, 3.8) is 0 Å². The van der Waals surface area contributed by atoms with E-state index in [1.54, 1.807) is 25.2 Å². The minimum absolute atomic E-state index is 0.155. The van der Waals surface area contributed by atoms with E-state index in [1.807, 2.05) is 0 Å². The van der Waals surface area contributed by atoms with Crippen LogP contribution in [0.25, 0.3) is 0 Å². The molecule has 0 amide bonds. The first-order chi connectivity index (χ1) is 9.45. The number of nitrogens with one attached hydrogen (secondary N) is 1. The summed E-state index contributed by atoms with van der Waals surface area (Å²) in [6, 6.07) is 5.20. The topological polar surface area (TPSA) is 46.2 Å². The Hall–Kier alpha value is -0.290. The van der Waals surface area contributed by atoms with Crippen LogP contribution >= 0.6 is 23.2 Å². The van der Waals surface area contributed by atoms with Crippen LogP contribution in [-0.4, -0.2) is 32.5 Å². The molecule has 112 valence electrons. The molecule has 0 aliphatic carbocycles. The summed E-state index contributed by atoms with van der Waals surface area (Å²) in [5.74, 6) is 0.284. The van der Waals surface area contributed by atoms with Crippen LogP contribution in [0.3, 0.4) is 0 Å². The Bertz CT molecular complexity index is 554. The van der Waals surface area contributed by atoms with Crippen molar-refractivity contribution in [3.8, 4) is 0 Å². The molecule has 2 rings (SSSR count). The van der Waals surface area contributed by atoms with Gasteiger partial charge in [0.15, 0.2) is 9.84 Å². The first-order valence-electron chi connectivity index (χ1n) is 6.77. The SMILES string of the molecule is CNC(Cc1c(Cl)cccc1Cl)C1CCCCS1(=O)=O. The zero-order chi connectivity index (χ0) is 14.8. The zero-order valence-corrected chi connectivity index (χ0v) is 13.7. The molecule has 1 N–H and O–H groups in total. The fourth-order valence-corrected chi connectivity index (χ4v) is 5.52. The Labute approximate surface area is 130 Å². The number of sulfone groups is 1. The minimum Gasteiger partial charge on any atom is -0.315 e. The van der Waals surface area contributed by atoms with E-state index in [2.05, 4.69) is 5.32 Å². The van der Waals surface area contributed by atoms with Crippen LogP contribution in [-0.2, 0) is 16.3 Å². The quantitative estimate of drug-likeness (QED) is 0.919. The van der Waals surface area contributed by atoms with Gasteiger partial charge in [-0.1, -0.05) is 35.7 Å². The number of hydrogen-bond donors (Lipinski definition) is 1. The number of halogens is 2. The summed E-state index contributed by atoms with van der Waals surface area (Å²) in [5, 5.41) is 3.96. The van der Waals surface area contributed by atoms with Crippen molar-refractivity contribution in [2.45, 2.75) is 37.0 Å². The van der Waals surface area contributed by atoms with Gasteiger partial charge < -0.3 is 5.32 Å². The van der Waals surface area contributed by atoms with E-state index >= 15 is 0 Å². The average molecular weight is 336 g/mol. The van der Waals surface area contributed by atoms with Crippen LogP contribution in [0.4, 0.5) is 0 Å². The summed E-state index contributed by atoms with van der Waals surface area (Å²) in [7, 11) is -1.24. The van der Waals surface area contributed by atoms with Crippen LogP contribution < -0.4 is 5.32 Å². The fourth-order valence-electron chi connectivity index (χ4n) is 2.80. The Morgan fingerprint density at radius 3 is 2.50 bits per heavy atom. The lowest BCUT2D eigenvalue weighted by molar-refractivity contribution is 0.456. The summed E-state index contributed by atoms with van der Waals surface area (Å²) in [6.45, 7) is 0. The van der Waals surface area contributed by atoms with Crippen LogP contribution in [0.5, 0.6) is 0 Å². The number of hydrogen-bond acceptors (Lipinski definition) is 3. The normalized spacial score (nSPS) is 23.4. The van der Waals surface area contributed by atoms with E-state index in [0.29, 0.717) is 22.9 Å². The second-order valence-electron chi connectivity index (χ2n) is 5.20. The van der Waals surface area contributed by atoms with Crippen molar-refractivity contribution in [1.82, 2.24) is 5.32 Å². The van der Waals surface area contributed by atoms with Gasteiger partial charge in [0, 0.05) is 16.1 Å². The molecule has 0 aromatic heterocycles. The maximum atomic E-state index is 12.2. The predicted octanol–water partition coefficient (Wildman–Crippen LogP) is 3.09. The van der Waals surface area contributed by atoms with Gasteiger partial charge in [-0.2, -0.15) is 0 Å². The lowest BCUT2D eigenvalue weighted by Gasteiger charge is -2.30. The first-order valence-corrected chi connectivity index (χ1v) is 9.24. The van der Waals surface area contributed by atoms with Crippen molar-refractivity contribution in [2.24, 2.45) is 0 Å². The van der Waals surface area contributed by atoms with Gasteiger partial charge in [-0.15, -0.1) is 0 Å². The number of likely N-dealkylation sites (N-methyl/N-ethyl adjacent to an activating group) is 1. The van der Waals surface area contributed by atoms with Gasteiger partial charge >= 0.3 is 0 Å². The van der Waals surface area contributed by atoms with Gasteiger partial charge in [-0.25, -0.2) is 8.42 Å². The molecule has 20 heavy (non-hydrogen) atoms. The molecule has 1 saturated heterocycles. The Kier molecular flexibility index (Phi) is 5.35. The van der Waals surface area contributed by atoms with Crippen LogP contribution in [0, 0.1) is 0 Å². The van der Waals surface area contributed by atoms with Crippen molar-refractivity contribution in [2.75, 3.05) is 12.8 Å². The van der Waals surface area contributed by atoms with E-state index in [1.165, 1.54) is 0 Å². The molecule has 1 aromatic carbocycles. The van der Waals surface area contributed by atoms with Gasteiger partial charge in [0.25, 0.3) is 0 Å². The standard InChI is InChI=1S/C14H19Cl2NO2S/c1-17-13(14-7-2-3-8-20(14,18)19)9-10-11(15)5-4-6-12(10)16/h4-6,13-14,17H,2-3,7-9H2,1H3. The molecule has 1 heterocycles. The Morgan fingerprint density at radius 2 is 1.95 bits per heavy atom. The van der Waals surface area contributed by atoms with E-state index in [0.717, 1.165) is 18.4 Å². The highest BCUT2D eigenvalue weighted by atomic mass is 35.5. The van der Waals surface area contributed by atoms with E-state index < -0.39 is 9.84 Å². The summed E-state index contributed by atoms with van der Waals surface area (Å²) in [4.78, 5) is 0. The van der Waals surface area contributed by atoms with Crippen LogP contribution in [0.15, 0.2) is 18.2 Å². The third kappa shape index (κ3) is 3.48. The van der Waals surface area contributed by atoms with Crippen molar-refractivity contribution < 1.29 is 8.42 Å². The summed E-state index contributed by atoms with van der Waals surface area (Å²) in [6.07, 6.45) is 2.95. The molecule has 0 saturated carbocycles. The van der Waals surface area contributed by atoms with E-state index in [9.17, 15) is 8.42 Å². The summed E-state index contributed by atoms with van der Waals surface area (Å²) < 4.78 is 24.5. The molecule has 1 fully saturated rings. The van der Waals surface area contributed by atoms with Crippen molar-refractivity contribution in [1.29, 1.82) is 0 Å². The molecule has 6 heteroatoms. The van der Waals surface area contributed by atoms with Crippen molar-refractivity contribution in [3.05, 3.63) is 33.8 Å². The first kappa shape index (κ1) is 16.1. The third-order valence-corrected chi connectivity index (χ3v) is 6.99. The van der Waals surface area contributed by atoms with E-state index in [-0.39, 0.29) is 17.0 Å². The molecule has 0 bridgehead atoms. The number of benzene rings is 1. The molecular weight excluding hydrogens is 317 g/mol. The highest BCUT2D eigenvalue weighted by molar-refractivity contribution is 7.92. The summed E-state index contributed by atoms with van der Waals surface area (Å²) >= 11 is 12.4. The molecule has 1 aliphatic heterocycles. The maximum Gasteiger partial charge on any atom is 0.154 e. The van der Waals surface area contributed by atoms with Crippen LogP contribution in [0.2, 0.25) is 10.0 Å². The van der Waals surface area contributed by atoms with Crippen LogP contribution in [0.1, 0.15) is 24.8 Å². The molecule has 2 atom stereocenters. The largest absolute Gasteiger partial charge is 0.315 e. The molecule has 3 nitrogen and oxygen atoms in total. The fraction of sp³-hybridized carbons (Fsp3) is 0.571. The van der Waals surface area contributed by atoms with Gasteiger partial charge in [0.2, 0.25) is 0 Å². The smallest absolute Gasteiger partial charge is 0.154 e. The Balaban J connectivity index is 2.25. The second kappa shape index (κ2) is 6.65. The summed E-state index contributed by atoms with van der Waals surface area (Å²) in [5.41, 5.74) is 0.816. The molecular formula is C14H19Cl2NO2S. The number of rotatable bonds is 4. The van der Waals surface area contributed by atoms with Gasteiger partial charge in [-0.3, -0.25) is 0 Å².